The summed E-state index contributed by atoms with van der Waals surface area (Å²) < 4.78 is 3.27. The highest BCUT2D eigenvalue weighted by molar-refractivity contribution is 6.67. The van der Waals surface area contributed by atoms with E-state index in [4.69, 9.17) is 39.5 Å². The van der Waals surface area contributed by atoms with Crippen LogP contribution in [0.5, 0.6) is 0 Å². The van der Waals surface area contributed by atoms with Crippen molar-refractivity contribution in [2.75, 3.05) is 19.7 Å². The summed E-state index contributed by atoms with van der Waals surface area (Å²) in [5, 5.41) is 11.6. The average Bonchev–Trinajstić information content (AvgIpc) is 2.50. The third-order valence-corrected chi connectivity index (χ3v) is 3.88. The second kappa shape index (κ2) is 9.08. The molecule has 3 atom stereocenters. The fraction of sp³-hybridized carbons (Fsp3) is 0.786. The molecule has 0 aliphatic carbocycles. The van der Waals surface area contributed by atoms with Gasteiger partial charge in [0.1, 0.15) is 18.8 Å². The highest BCUT2D eigenvalue weighted by Crippen LogP contribution is 2.27. The van der Waals surface area contributed by atoms with Gasteiger partial charge in [-0.25, -0.2) is 0 Å². The largest absolute Gasteiger partial charge is 0.461 e. The highest BCUT2D eigenvalue weighted by atomic mass is 35.6. The van der Waals surface area contributed by atoms with Crippen molar-refractivity contribution >= 4 is 52.6 Å². The Hall–Kier alpha value is -0.760. The molecule has 1 fully saturated rings. The van der Waals surface area contributed by atoms with E-state index in [1.54, 1.807) is 0 Å². The van der Waals surface area contributed by atoms with Crippen LogP contribution in [0.25, 0.3) is 0 Å². The molecule has 138 valence electrons. The number of hydrogen-bond donors (Lipinski definition) is 2. The van der Waals surface area contributed by atoms with Crippen LogP contribution in [0.4, 0.5) is 0 Å². The van der Waals surface area contributed by atoms with E-state index in [-0.39, 0.29) is 19.1 Å². The quantitative estimate of drug-likeness (QED) is 0.528. The van der Waals surface area contributed by atoms with Crippen molar-refractivity contribution in [2.24, 2.45) is 5.92 Å². The topological polar surface area (TPSA) is 95.9 Å². The Morgan fingerprint density at radius 2 is 1.96 bits per heavy atom. The van der Waals surface area contributed by atoms with Crippen molar-refractivity contribution < 1.29 is 24.2 Å². The molecular weight excluding hydrogens is 383 g/mol. The summed E-state index contributed by atoms with van der Waals surface area (Å²) in [6.45, 7) is 3.12. The number of amides is 2. The Morgan fingerprint density at radius 1 is 1.33 bits per heavy atom. The zero-order valence-electron chi connectivity index (χ0n) is 13.4. The summed E-state index contributed by atoms with van der Waals surface area (Å²) in [5.41, 5.74) is 0. The number of likely N-dealkylation sites (tertiary alicyclic amines) is 1. The Morgan fingerprint density at radius 3 is 2.50 bits per heavy atom. The molecule has 1 heterocycles. The lowest BCUT2D eigenvalue weighted by atomic mass is 9.97. The zero-order chi connectivity index (χ0) is 18.5. The summed E-state index contributed by atoms with van der Waals surface area (Å²) in [6.07, 6.45) is -0.0148. The number of esters is 1. The fourth-order valence-electron chi connectivity index (χ4n) is 2.31. The molecule has 1 aliphatic heterocycles. The van der Waals surface area contributed by atoms with Gasteiger partial charge in [-0.3, -0.25) is 14.4 Å². The van der Waals surface area contributed by atoms with Gasteiger partial charge < -0.3 is 20.1 Å². The van der Waals surface area contributed by atoms with E-state index in [2.05, 4.69) is 5.32 Å². The van der Waals surface area contributed by atoms with Crippen LogP contribution < -0.4 is 5.32 Å². The van der Waals surface area contributed by atoms with Gasteiger partial charge in [0.2, 0.25) is 15.6 Å². The first-order valence-electron chi connectivity index (χ1n) is 7.52. The van der Waals surface area contributed by atoms with Gasteiger partial charge in [-0.05, 0) is 26.7 Å². The second-order valence-electron chi connectivity index (χ2n) is 5.75. The molecule has 24 heavy (non-hydrogen) atoms. The molecule has 2 N–H and O–H groups in total. The summed E-state index contributed by atoms with van der Waals surface area (Å²) >= 11 is 16.6. The molecule has 1 rings (SSSR count). The third kappa shape index (κ3) is 7.01. The third-order valence-electron chi connectivity index (χ3n) is 3.55. The molecule has 1 saturated heterocycles. The van der Waals surface area contributed by atoms with Gasteiger partial charge in [-0.15, -0.1) is 0 Å². The number of aliphatic hydroxyl groups is 1. The van der Waals surface area contributed by atoms with Crippen molar-refractivity contribution in [1.82, 2.24) is 10.2 Å². The Bertz CT molecular complexity index is 482. The van der Waals surface area contributed by atoms with E-state index in [1.165, 1.54) is 18.7 Å². The number of carbonyl (C=O) groups excluding carboxylic acids is 3. The number of rotatable bonds is 5. The first-order valence-corrected chi connectivity index (χ1v) is 8.65. The smallest absolute Gasteiger partial charge is 0.310 e. The molecular formula is C14H21Cl3N2O5. The van der Waals surface area contributed by atoms with Gasteiger partial charge in [-0.2, -0.15) is 0 Å². The Balaban J connectivity index is 2.56. The highest BCUT2D eigenvalue weighted by Gasteiger charge is 2.33. The molecule has 0 radical (unpaired) electrons. The number of alkyl halides is 3. The van der Waals surface area contributed by atoms with Crippen molar-refractivity contribution in [1.29, 1.82) is 0 Å². The maximum Gasteiger partial charge on any atom is 0.310 e. The van der Waals surface area contributed by atoms with Crippen molar-refractivity contribution in [3.8, 4) is 0 Å². The zero-order valence-corrected chi connectivity index (χ0v) is 15.7. The van der Waals surface area contributed by atoms with E-state index in [9.17, 15) is 19.5 Å². The minimum Gasteiger partial charge on any atom is -0.461 e. The number of piperidine rings is 1. The lowest BCUT2D eigenvalue weighted by Gasteiger charge is -2.33. The minimum atomic E-state index is -1.68. The maximum absolute atomic E-state index is 12.4. The minimum absolute atomic E-state index is 0.173. The first-order chi connectivity index (χ1) is 11.0. The number of nitrogens with one attached hydrogen (secondary N) is 1. The first kappa shape index (κ1) is 21.3. The molecule has 0 bridgehead atoms. The number of hydrogen-bond acceptors (Lipinski definition) is 5. The molecule has 0 unspecified atom stereocenters. The number of carbonyl (C=O) groups is 3. The van der Waals surface area contributed by atoms with Crippen molar-refractivity contribution in [3.63, 3.8) is 0 Å². The maximum atomic E-state index is 12.4. The monoisotopic (exact) mass is 402 g/mol. The van der Waals surface area contributed by atoms with E-state index in [0.717, 1.165) is 0 Å². The van der Waals surface area contributed by atoms with Gasteiger partial charge in [0.25, 0.3) is 0 Å². The van der Waals surface area contributed by atoms with Crippen LogP contribution in [-0.2, 0) is 19.1 Å². The van der Waals surface area contributed by atoms with Crippen LogP contribution in [-0.4, -0.2) is 63.4 Å². The number of halogens is 3. The number of nitrogens with zero attached hydrogens (tertiary/aromatic N) is 1. The molecule has 0 aromatic heterocycles. The van der Waals surface area contributed by atoms with Crippen LogP contribution in [0.15, 0.2) is 0 Å². The van der Waals surface area contributed by atoms with Gasteiger partial charge in [-0.1, -0.05) is 34.8 Å². The standard InChI is InChI=1S/C14H21Cl3N2O5/c1-8(18-11(21)9(2)20)12(22)19-5-3-4-10(6-19)13(23)24-7-14(15,16)17/h8-10,20H,3-7H2,1-2H3,(H,18,21)/t8-,9-,10+/m0/s1. The lowest BCUT2D eigenvalue weighted by Crippen LogP contribution is -2.52. The molecule has 7 nitrogen and oxygen atoms in total. The van der Waals surface area contributed by atoms with Crippen LogP contribution in [0, 0.1) is 5.92 Å². The van der Waals surface area contributed by atoms with Crippen LogP contribution in [0.3, 0.4) is 0 Å². The molecule has 2 amide bonds. The molecule has 10 heteroatoms. The van der Waals surface area contributed by atoms with E-state index in [0.29, 0.717) is 19.4 Å². The SMILES string of the molecule is C[C@H](O)C(=O)N[C@@H](C)C(=O)N1CCC[C@@H](C(=O)OCC(Cl)(Cl)Cl)C1. The Labute approximate surface area is 155 Å². The molecule has 1 aliphatic rings. The van der Waals surface area contributed by atoms with Crippen molar-refractivity contribution in [3.05, 3.63) is 0 Å². The van der Waals surface area contributed by atoms with E-state index < -0.39 is 33.7 Å². The number of aliphatic hydroxyl groups excluding tert-OH is 1. The molecule has 0 aromatic carbocycles. The summed E-state index contributed by atoms with van der Waals surface area (Å²) in [5.74, 6) is -2.00. The van der Waals surface area contributed by atoms with Gasteiger partial charge in [0.15, 0.2) is 0 Å². The van der Waals surface area contributed by atoms with Crippen LogP contribution in [0.2, 0.25) is 0 Å². The fourth-order valence-corrected chi connectivity index (χ4v) is 2.47. The van der Waals surface area contributed by atoms with Crippen LogP contribution >= 0.6 is 34.8 Å². The van der Waals surface area contributed by atoms with Gasteiger partial charge >= 0.3 is 5.97 Å². The normalized spacial score (nSPS) is 20.9. The molecule has 0 aromatic rings. The average molecular weight is 404 g/mol. The summed E-state index contributed by atoms with van der Waals surface area (Å²) in [6, 6.07) is -0.803. The van der Waals surface area contributed by atoms with Crippen LogP contribution in [0.1, 0.15) is 26.7 Å². The molecule has 0 saturated carbocycles. The Kier molecular flexibility index (Phi) is 8.05. The summed E-state index contributed by atoms with van der Waals surface area (Å²) in [7, 11) is 0. The second-order valence-corrected chi connectivity index (χ2v) is 8.27. The predicted molar refractivity (Wildman–Crippen MR) is 89.8 cm³/mol. The predicted octanol–water partition coefficient (Wildman–Crippen LogP) is 1.02. The van der Waals surface area contributed by atoms with E-state index in [1.807, 2.05) is 0 Å². The summed E-state index contributed by atoms with van der Waals surface area (Å²) in [4.78, 5) is 37.3. The lowest BCUT2D eigenvalue weighted by molar-refractivity contribution is -0.152. The molecule has 0 spiro atoms. The van der Waals surface area contributed by atoms with Crippen molar-refractivity contribution in [2.45, 2.75) is 42.6 Å². The number of ether oxygens (including phenoxy) is 1. The van der Waals surface area contributed by atoms with E-state index >= 15 is 0 Å². The van der Waals surface area contributed by atoms with Gasteiger partial charge in [0.05, 0.1) is 5.92 Å². The van der Waals surface area contributed by atoms with Gasteiger partial charge in [0, 0.05) is 13.1 Å².